The second-order valence-electron chi connectivity index (χ2n) is 14.5. The molecule has 3 nitrogen and oxygen atoms in total. The summed E-state index contributed by atoms with van der Waals surface area (Å²) in [5.41, 5.74) is 10.5. The highest BCUT2D eigenvalue weighted by Gasteiger charge is 2.22. The zero-order chi connectivity index (χ0) is 36.7. The Bertz CT molecular complexity index is 3480. The van der Waals surface area contributed by atoms with Crippen molar-refractivity contribution in [2.45, 2.75) is 0 Å². The first kappa shape index (κ1) is 31.2. The van der Waals surface area contributed by atoms with E-state index in [1.165, 1.54) is 74.6 Å². The van der Waals surface area contributed by atoms with Gasteiger partial charge in [0, 0.05) is 64.5 Å². The van der Waals surface area contributed by atoms with Crippen LogP contribution in [0.3, 0.4) is 0 Å². The molecule has 12 aromatic rings. The zero-order valence-electron chi connectivity index (χ0n) is 30.3. The Labute approximate surface area is 327 Å². The lowest BCUT2D eigenvalue weighted by Crippen LogP contribution is -2.10. The minimum atomic E-state index is 1.10. The molecule has 0 aliphatic heterocycles. The molecule has 0 N–H and O–H groups in total. The zero-order valence-corrected chi connectivity index (χ0v) is 31.1. The largest absolute Gasteiger partial charge is 0.310 e. The molecule has 3 heterocycles. The van der Waals surface area contributed by atoms with Gasteiger partial charge in [-0.1, -0.05) is 115 Å². The fourth-order valence-corrected chi connectivity index (χ4v) is 10.2. The Morgan fingerprint density at radius 2 is 0.946 bits per heavy atom. The van der Waals surface area contributed by atoms with Crippen LogP contribution in [0, 0.1) is 0 Å². The van der Waals surface area contributed by atoms with E-state index in [9.17, 15) is 0 Å². The molecular weight excluding hydrogens is 699 g/mol. The molecule has 0 saturated carbocycles. The number of fused-ring (bicyclic) bond motifs is 11. The molecular formula is C52H33N3S. The Morgan fingerprint density at radius 3 is 1.79 bits per heavy atom. The van der Waals surface area contributed by atoms with Gasteiger partial charge in [0.15, 0.2) is 0 Å². The maximum Gasteiger partial charge on any atom is 0.0561 e. The standard InChI is InChI=1S/C52H33N3S/c1-2-14-35(15-3-1)55-44-20-9-6-17-40(44)41-31-30-38(33-48(41)55)53(46-22-12-24-50-52(46)43-19-8-11-23-49(43)56-50)36-26-28-37(29-27-36)54-45-21-10-7-18-42(45)51-39-16-5-4-13-34(39)25-32-47(51)54/h1-33H. The van der Waals surface area contributed by atoms with Crippen molar-refractivity contribution in [3.05, 3.63) is 200 Å². The van der Waals surface area contributed by atoms with Crippen LogP contribution in [0.25, 0.3) is 85.9 Å². The van der Waals surface area contributed by atoms with Gasteiger partial charge >= 0.3 is 0 Å². The van der Waals surface area contributed by atoms with E-state index in [0.717, 1.165) is 28.4 Å². The van der Waals surface area contributed by atoms with E-state index in [-0.39, 0.29) is 0 Å². The summed E-state index contributed by atoms with van der Waals surface area (Å²) in [5, 5.41) is 10.1. The van der Waals surface area contributed by atoms with E-state index in [1.807, 2.05) is 11.3 Å². The number of rotatable bonds is 5. The van der Waals surface area contributed by atoms with Gasteiger partial charge in [-0.25, -0.2) is 0 Å². The summed E-state index contributed by atoms with van der Waals surface area (Å²) in [6.07, 6.45) is 0. The van der Waals surface area contributed by atoms with Crippen molar-refractivity contribution < 1.29 is 0 Å². The number of nitrogens with zero attached hydrogens (tertiary/aromatic N) is 3. The van der Waals surface area contributed by atoms with E-state index in [2.05, 4.69) is 214 Å². The maximum atomic E-state index is 2.46. The van der Waals surface area contributed by atoms with Crippen molar-refractivity contribution in [1.29, 1.82) is 0 Å². The fraction of sp³-hybridized carbons (Fsp3) is 0. The van der Waals surface area contributed by atoms with E-state index in [4.69, 9.17) is 0 Å². The van der Waals surface area contributed by atoms with Gasteiger partial charge in [0.05, 0.1) is 27.8 Å². The van der Waals surface area contributed by atoms with Crippen LogP contribution in [0.2, 0.25) is 0 Å². The molecule has 0 radical (unpaired) electrons. The van der Waals surface area contributed by atoms with Crippen molar-refractivity contribution in [1.82, 2.24) is 9.13 Å². The molecule has 0 amide bonds. The van der Waals surface area contributed by atoms with Crippen LogP contribution in [-0.4, -0.2) is 9.13 Å². The molecule has 9 aromatic carbocycles. The van der Waals surface area contributed by atoms with E-state index < -0.39 is 0 Å². The molecule has 0 atom stereocenters. The Morgan fingerprint density at radius 1 is 0.339 bits per heavy atom. The molecule has 262 valence electrons. The van der Waals surface area contributed by atoms with Gasteiger partial charge < -0.3 is 14.0 Å². The van der Waals surface area contributed by atoms with Crippen molar-refractivity contribution >= 4 is 103 Å². The summed E-state index contributed by atoms with van der Waals surface area (Å²) in [6, 6.07) is 73.2. The number of anilines is 3. The van der Waals surface area contributed by atoms with Gasteiger partial charge in [0.1, 0.15) is 0 Å². The number of hydrogen-bond acceptors (Lipinski definition) is 2. The first-order chi connectivity index (χ1) is 27.8. The van der Waals surface area contributed by atoms with Gasteiger partial charge in [-0.2, -0.15) is 0 Å². The quantitative estimate of drug-likeness (QED) is 0.172. The first-order valence-corrected chi connectivity index (χ1v) is 19.9. The Kier molecular flexibility index (Phi) is 6.80. The van der Waals surface area contributed by atoms with Crippen LogP contribution in [0.1, 0.15) is 0 Å². The molecule has 0 aliphatic carbocycles. The summed E-state index contributed by atoms with van der Waals surface area (Å²) in [4.78, 5) is 2.46. The van der Waals surface area contributed by atoms with Gasteiger partial charge in [0.2, 0.25) is 0 Å². The highest BCUT2D eigenvalue weighted by atomic mass is 32.1. The van der Waals surface area contributed by atoms with Crippen molar-refractivity contribution in [3.8, 4) is 11.4 Å². The minimum absolute atomic E-state index is 1.10. The molecule has 12 rings (SSSR count). The average Bonchev–Trinajstić information content (AvgIpc) is 3.92. The van der Waals surface area contributed by atoms with Gasteiger partial charge in [0.25, 0.3) is 0 Å². The van der Waals surface area contributed by atoms with E-state index >= 15 is 0 Å². The third-order valence-electron chi connectivity index (χ3n) is 11.5. The average molecular weight is 732 g/mol. The molecule has 3 aromatic heterocycles. The second-order valence-corrected chi connectivity index (χ2v) is 15.6. The summed E-state index contributed by atoms with van der Waals surface area (Å²) >= 11 is 1.86. The Balaban J connectivity index is 1.10. The first-order valence-electron chi connectivity index (χ1n) is 19.1. The molecule has 0 spiro atoms. The number of para-hydroxylation sites is 3. The topological polar surface area (TPSA) is 13.1 Å². The monoisotopic (exact) mass is 731 g/mol. The molecule has 4 heteroatoms. The lowest BCUT2D eigenvalue weighted by Gasteiger charge is -2.27. The second kappa shape index (κ2) is 12.2. The van der Waals surface area contributed by atoms with Crippen molar-refractivity contribution in [2.75, 3.05) is 4.90 Å². The number of hydrogen-bond donors (Lipinski definition) is 0. The SMILES string of the molecule is c1ccc(-n2c3ccccc3c3ccc(N(c4ccc(-n5c6ccccc6c6c7ccccc7ccc65)cc4)c4cccc5sc6ccccc6c45)cc32)cc1. The predicted molar refractivity (Wildman–Crippen MR) is 240 cm³/mol. The third-order valence-corrected chi connectivity index (χ3v) is 12.6. The van der Waals surface area contributed by atoms with Crippen LogP contribution in [-0.2, 0) is 0 Å². The summed E-state index contributed by atoms with van der Waals surface area (Å²) in [6.45, 7) is 0. The van der Waals surface area contributed by atoms with Gasteiger partial charge in [-0.15, -0.1) is 11.3 Å². The minimum Gasteiger partial charge on any atom is -0.310 e. The fourth-order valence-electron chi connectivity index (χ4n) is 9.09. The van der Waals surface area contributed by atoms with Gasteiger partial charge in [-0.05, 0) is 95.7 Å². The van der Waals surface area contributed by atoms with Crippen molar-refractivity contribution in [3.63, 3.8) is 0 Å². The normalized spacial score (nSPS) is 11.9. The van der Waals surface area contributed by atoms with Crippen LogP contribution in [0.15, 0.2) is 200 Å². The number of thiophene rings is 1. The van der Waals surface area contributed by atoms with E-state index in [0.29, 0.717) is 0 Å². The molecule has 0 fully saturated rings. The molecule has 0 unspecified atom stereocenters. The van der Waals surface area contributed by atoms with Crippen LogP contribution in [0.5, 0.6) is 0 Å². The van der Waals surface area contributed by atoms with Gasteiger partial charge in [-0.3, -0.25) is 0 Å². The van der Waals surface area contributed by atoms with E-state index in [1.54, 1.807) is 0 Å². The highest BCUT2D eigenvalue weighted by Crippen LogP contribution is 2.46. The lowest BCUT2D eigenvalue weighted by atomic mass is 10.0. The van der Waals surface area contributed by atoms with Crippen molar-refractivity contribution in [2.24, 2.45) is 0 Å². The summed E-state index contributed by atoms with van der Waals surface area (Å²) < 4.78 is 7.40. The summed E-state index contributed by atoms with van der Waals surface area (Å²) in [7, 11) is 0. The number of benzene rings is 9. The van der Waals surface area contributed by atoms with Crippen LogP contribution < -0.4 is 4.90 Å². The number of aromatic nitrogens is 2. The molecule has 56 heavy (non-hydrogen) atoms. The molecule has 0 bridgehead atoms. The Hall–Kier alpha value is -7.14. The van der Waals surface area contributed by atoms with Crippen LogP contribution >= 0.6 is 11.3 Å². The maximum absolute atomic E-state index is 2.46. The van der Waals surface area contributed by atoms with Crippen LogP contribution in [0.4, 0.5) is 17.1 Å². The lowest BCUT2D eigenvalue weighted by molar-refractivity contribution is 1.17. The highest BCUT2D eigenvalue weighted by molar-refractivity contribution is 7.26. The molecule has 0 aliphatic rings. The third kappa shape index (κ3) is 4.57. The molecule has 0 saturated heterocycles. The smallest absolute Gasteiger partial charge is 0.0561 e. The summed E-state index contributed by atoms with van der Waals surface area (Å²) in [5.74, 6) is 0. The predicted octanol–water partition coefficient (Wildman–Crippen LogP) is 14.9.